The van der Waals surface area contributed by atoms with E-state index in [-0.39, 0.29) is 16.7 Å². The van der Waals surface area contributed by atoms with Gasteiger partial charge in [0.1, 0.15) is 0 Å². The van der Waals surface area contributed by atoms with Gasteiger partial charge in [-0.2, -0.15) is 0 Å². The molecule has 1 N–H and O–H groups in total. The Balaban J connectivity index is 1.64. The Kier molecular flexibility index (Phi) is 6.57. The zero-order valence-corrected chi connectivity index (χ0v) is 15.2. The number of morpholine rings is 1. The zero-order valence-electron chi connectivity index (χ0n) is 14.4. The van der Waals surface area contributed by atoms with Crippen LogP contribution in [0.25, 0.3) is 0 Å². The summed E-state index contributed by atoms with van der Waals surface area (Å²) in [7, 11) is 0. The molecule has 6 nitrogen and oxygen atoms in total. The molecule has 7 heteroatoms. The van der Waals surface area contributed by atoms with Crippen LogP contribution in [0.15, 0.2) is 48.5 Å². The molecule has 2 aromatic carbocycles. The lowest BCUT2D eigenvalue weighted by molar-refractivity contribution is -0.384. The van der Waals surface area contributed by atoms with Gasteiger partial charge in [-0.05, 0) is 23.3 Å². The largest absolute Gasteiger partial charge is 0.379 e. The standard InChI is InChI=1S/C19H22ClN3O3/c20-17-3-1-2-16(12-17)19(22-8-10-26-11-9-22)14-21-13-15-4-6-18(7-5-15)23(24)25/h1-7,12,19,21H,8-11,13-14H2. The van der Waals surface area contributed by atoms with Crippen molar-refractivity contribution < 1.29 is 9.66 Å². The number of nitro benzene ring substituents is 1. The van der Waals surface area contributed by atoms with Crippen molar-refractivity contribution >= 4 is 17.3 Å². The van der Waals surface area contributed by atoms with Crippen molar-refractivity contribution in [2.75, 3.05) is 32.8 Å². The molecule has 1 fully saturated rings. The second kappa shape index (κ2) is 9.09. The van der Waals surface area contributed by atoms with Gasteiger partial charge in [0, 0.05) is 49.4 Å². The highest BCUT2D eigenvalue weighted by Gasteiger charge is 2.22. The average Bonchev–Trinajstić information content (AvgIpc) is 2.66. The van der Waals surface area contributed by atoms with E-state index in [1.807, 2.05) is 18.2 Å². The first-order valence-corrected chi connectivity index (χ1v) is 9.02. The summed E-state index contributed by atoms with van der Waals surface area (Å²) in [5.41, 5.74) is 2.30. The van der Waals surface area contributed by atoms with E-state index >= 15 is 0 Å². The SMILES string of the molecule is O=[N+]([O-])c1ccc(CNCC(c2cccc(Cl)c2)N2CCOCC2)cc1. The molecule has 1 heterocycles. The fourth-order valence-corrected chi connectivity index (χ4v) is 3.35. The Hall–Kier alpha value is -1.99. The number of ether oxygens (including phenoxy) is 1. The smallest absolute Gasteiger partial charge is 0.269 e. The van der Waals surface area contributed by atoms with Crippen molar-refractivity contribution in [2.24, 2.45) is 0 Å². The first kappa shape index (κ1) is 18.8. The van der Waals surface area contributed by atoms with Crippen molar-refractivity contribution in [3.8, 4) is 0 Å². The van der Waals surface area contributed by atoms with Crippen LogP contribution in [0, 0.1) is 10.1 Å². The molecule has 1 saturated heterocycles. The molecule has 1 unspecified atom stereocenters. The predicted molar refractivity (Wildman–Crippen MR) is 101 cm³/mol. The zero-order chi connectivity index (χ0) is 18.4. The van der Waals surface area contributed by atoms with Crippen LogP contribution < -0.4 is 5.32 Å². The van der Waals surface area contributed by atoms with Crippen LogP contribution in [0.5, 0.6) is 0 Å². The third kappa shape index (κ3) is 5.02. The Bertz CT molecular complexity index is 733. The summed E-state index contributed by atoms with van der Waals surface area (Å²) in [6, 6.07) is 14.8. The fourth-order valence-electron chi connectivity index (χ4n) is 3.15. The maximum Gasteiger partial charge on any atom is 0.269 e. The van der Waals surface area contributed by atoms with E-state index < -0.39 is 0 Å². The monoisotopic (exact) mass is 375 g/mol. The highest BCUT2D eigenvalue weighted by Crippen LogP contribution is 2.24. The maximum absolute atomic E-state index is 10.7. The minimum Gasteiger partial charge on any atom is -0.379 e. The van der Waals surface area contributed by atoms with Gasteiger partial charge in [-0.1, -0.05) is 35.9 Å². The second-order valence-corrected chi connectivity index (χ2v) is 6.71. The summed E-state index contributed by atoms with van der Waals surface area (Å²) in [5, 5.41) is 14.9. The molecule has 0 amide bonds. The van der Waals surface area contributed by atoms with Gasteiger partial charge >= 0.3 is 0 Å². The number of nitro groups is 1. The van der Waals surface area contributed by atoms with E-state index in [1.165, 1.54) is 17.7 Å². The van der Waals surface area contributed by atoms with Gasteiger partial charge in [0.2, 0.25) is 0 Å². The Morgan fingerprint density at radius 1 is 1.19 bits per heavy atom. The predicted octanol–water partition coefficient (Wildman–Crippen LogP) is 3.41. The molecule has 138 valence electrons. The molecule has 3 rings (SSSR count). The molecule has 1 atom stereocenters. The van der Waals surface area contributed by atoms with Crippen molar-refractivity contribution in [1.29, 1.82) is 0 Å². The van der Waals surface area contributed by atoms with Crippen molar-refractivity contribution in [3.05, 3.63) is 74.8 Å². The van der Waals surface area contributed by atoms with E-state index in [2.05, 4.69) is 16.3 Å². The minimum absolute atomic E-state index is 0.110. The van der Waals surface area contributed by atoms with Gasteiger partial charge in [0.05, 0.1) is 18.1 Å². The molecular formula is C19H22ClN3O3. The Morgan fingerprint density at radius 2 is 1.92 bits per heavy atom. The molecular weight excluding hydrogens is 354 g/mol. The summed E-state index contributed by atoms with van der Waals surface area (Å²) < 4.78 is 5.47. The Labute approximate surface area is 157 Å². The lowest BCUT2D eigenvalue weighted by Crippen LogP contribution is -2.42. The molecule has 1 aliphatic rings. The Morgan fingerprint density at radius 3 is 2.58 bits per heavy atom. The van der Waals surface area contributed by atoms with Crippen LogP contribution in [0.3, 0.4) is 0 Å². The number of hydrogen-bond donors (Lipinski definition) is 1. The molecule has 0 radical (unpaired) electrons. The van der Waals surface area contributed by atoms with Gasteiger partial charge in [0.25, 0.3) is 5.69 Å². The number of benzene rings is 2. The molecule has 0 spiro atoms. The first-order valence-electron chi connectivity index (χ1n) is 8.65. The van der Waals surface area contributed by atoms with E-state index in [0.29, 0.717) is 6.54 Å². The lowest BCUT2D eigenvalue weighted by atomic mass is 10.0. The summed E-state index contributed by atoms with van der Waals surface area (Å²) in [5.74, 6) is 0. The fraction of sp³-hybridized carbons (Fsp3) is 0.368. The summed E-state index contributed by atoms with van der Waals surface area (Å²) >= 11 is 6.18. The van der Waals surface area contributed by atoms with Crippen LogP contribution in [-0.4, -0.2) is 42.7 Å². The van der Waals surface area contributed by atoms with E-state index in [1.54, 1.807) is 12.1 Å². The molecule has 0 bridgehead atoms. The molecule has 2 aromatic rings. The van der Waals surface area contributed by atoms with E-state index in [4.69, 9.17) is 16.3 Å². The quantitative estimate of drug-likeness (QED) is 0.593. The van der Waals surface area contributed by atoms with Crippen LogP contribution in [0.4, 0.5) is 5.69 Å². The number of nitrogens with one attached hydrogen (secondary N) is 1. The third-order valence-electron chi connectivity index (χ3n) is 4.53. The summed E-state index contributed by atoms with van der Waals surface area (Å²) in [6.45, 7) is 4.66. The van der Waals surface area contributed by atoms with Gasteiger partial charge in [-0.15, -0.1) is 0 Å². The van der Waals surface area contributed by atoms with Crippen LogP contribution in [0.1, 0.15) is 17.2 Å². The lowest BCUT2D eigenvalue weighted by Gasteiger charge is -2.35. The van der Waals surface area contributed by atoms with Crippen molar-refractivity contribution in [1.82, 2.24) is 10.2 Å². The van der Waals surface area contributed by atoms with Gasteiger partial charge in [-0.3, -0.25) is 15.0 Å². The summed E-state index contributed by atoms with van der Waals surface area (Å²) in [4.78, 5) is 12.8. The molecule has 0 aromatic heterocycles. The van der Waals surface area contributed by atoms with E-state index in [0.717, 1.165) is 43.4 Å². The molecule has 1 aliphatic heterocycles. The third-order valence-corrected chi connectivity index (χ3v) is 4.77. The van der Waals surface area contributed by atoms with Crippen molar-refractivity contribution in [2.45, 2.75) is 12.6 Å². The number of nitrogens with zero attached hydrogens (tertiary/aromatic N) is 2. The number of non-ortho nitro benzene ring substituents is 1. The molecule has 26 heavy (non-hydrogen) atoms. The van der Waals surface area contributed by atoms with Crippen LogP contribution in [-0.2, 0) is 11.3 Å². The maximum atomic E-state index is 10.7. The van der Waals surface area contributed by atoms with Gasteiger partial charge in [0.15, 0.2) is 0 Å². The van der Waals surface area contributed by atoms with E-state index in [9.17, 15) is 10.1 Å². The summed E-state index contributed by atoms with van der Waals surface area (Å²) in [6.07, 6.45) is 0. The van der Waals surface area contributed by atoms with Gasteiger partial charge in [-0.25, -0.2) is 0 Å². The van der Waals surface area contributed by atoms with Crippen LogP contribution in [0.2, 0.25) is 5.02 Å². The normalized spacial score (nSPS) is 16.3. The average molecular weight is 376 g/mol. The molecule has 0 aliphatic carbocycles. The second-order valence-electron chi connectivity index (χ2n) is 6.27. The number of rotatable bonds is 7. The number of halogens is 1. The molecule has 0 saturated carbocycles. The topological polar surface area (TPSA) is 67.6 Å². The highest BCUT2D eigenvalue weighted by atomic mass is 35.5. The highest BCUT2D eigenvalue weighted by molar-refractivity contribution is 6.30. The van der Waals surface area contributed by atoms with Crippen LogP contribution >= 0.6 is 11.6 Å². The van der Waals surface area contributed by atoms with Crippen molar-refractivity contribution in [3.63, 3.8) is 0 Å². The first-order chi connectivity index (χ1) is 12.6. The van der Waals surface area contributed by atoms with Gasteiger partial charge < -0.3 is 10.1 Å². The number of hydrogen-bond acceptors (Lipinski definition) is 5. The minimum atomic E-state index is -0.384.